The van der Waals surface area contributed by atoms with E-state index in [1.54, 1.807) is 6.92 Å². The Balaban J connectivity index is 2.02. The summed E-state index contributed by atoms with van der Waals surface area (Å²) < 4.78 is 1.01. The Labute approximate surface area is 122 Å². The Hall–Kier alpha value is -1.10. The highest BCUT2D eigenvalue weighted by atomic mass is 79.9. The van der Waals surface area contributed by atoms with E-state index in [1.165, 1.54) is 5.56 Å². The van der Waals surface area contributed by atoms with Crippen LogP contribution >= 0.6 is 15.9 Å². The average molecular weight is 326 g/mol. The maximum absolute atomic E-state index is 11.4. The molecule has 0 N–H and O–H groups in total. The van der Waals surface area contributed by atoms with Gasteiger partial charge in [-0.05, 0) is 47.3 Å². The first kappa shape index (κ1) is 14.3. The molecule has 1 saturated heterocycles. The van der Waals surface area contributed by atoms with Crippen molar-refractivity contribution >= 4 is 27.7 Å². The van der Waals surface area contributed by atoms with Crippen molar-refractivity contribution in [3.05, 3.63) is 22.3 Å². The molecule has 1 fully saturated rings. The number of aryl methyl sites for hydroxylation is 1. The molecule has 1 aliphatic rings. The summed E-state index contributed by atoms with van der Waals surface area (Å²) in [5.41, 5.74) is 1.19. The predicted molar refractivity (Wildman–Crippen MR) is 80.4 cm³/mol. The third-order valence-electron chi connectivity index (χ3n) is 3.83. The minimum Gasteiger partial charge on any atom is -0.356 e. The first-order valence-electron chi connectivity index (χ1n) is 6.59. The van der Waals surface area contributed by atoms with E-state index in [0.29, 0.717) is 6.04 Å². The fourth-order valence-electron chi connectivity index (χ4n) is 2.59. The second kappa shape index (κ2) is 5.90. The van der Waals surface area contributed by atoms with Crippen molar-refractivity contribution in [2.75, 3.05) is 25.0 Å². The maximum atomic E-state index is 11.4. The van der Waals surface area contributed by atoms with Crippen molar-refractivity contribution in [3.63, 3.8) is 0 Å². The van der Waals surface area contributed by atoms with E-state index in [0.717, 1.165) is 36.2 Å². The van der Waals surface area contributed by atoms with Gasteiger partial charge in [-0.15, -0.1) is 0 Å². The van der Waals surface area contributed by atoms with Crippen LogP contribution in [-0.4, -0.2) is 42.0 Å². The lowest BCUT2D eigenvalue weighted by Gasteiger charge is -2.37. The first-order chi connectivity index (χ1) is 8.99. The zero-order chi connectivity index (χ0) is 14.0. The molecule has 1 aliphatic heterocycles. The fourth-order valence-corrected chi connectivity index (χ4v) is 3.03. The minimum atomic E-state index is 0.149. The number of amides is 1. The molecule has 0 radical (unpaired) electrons. The molecule has 0 bridgehead atoms. The summed E-state index contributed by atoms with van der Waals surface area (Å²) in [6.45, 7) is 5.63. The first-order valence-corrected chi connectivity index (χ1v) is 7.39. The van der Waals surface area contributed by atoms with Gasteiger partial charge in [0.05, 0.1) is 0 Å². The van der Waals surface area contributed by atoms with Crippen LogP contribution in [0.4, 0.5) is 5.82 Å². The van der Waals surface area contributed by atoms with Crippen LogP contribution < -0.4 is 4.90 Å². The number of piperidine rings is 1. The Morgan fingerprint density at radius 3 is 2.63 bits per heavy atom. The quantitative estimate of drug-likeness (QED) is 0.838. The van der Waals surface area contributed by atoms with Crippen LogP contribution in [0.3, 0.4) is 0 Å². The van der Waals surface area contributed by atoms with Gasteiger partial charge in [0.15, 0.2) is 0 Å². The van der Waals surface area contributed by atoms with Crippen molar-refractivity contribution in [2.45, 2.75) is 32.7 Å². The van der Waals surface area contributed by atoms with E-state index < -0.39 is 0 Å². The van der Waals surface area contributed by atoms with Crippen molar-refractivity contribution < 1.29 is 4.79 Å². The molecular formula is C14H20BrN3O. The molecule has 0 spiro atoms. The van der Waals surface area contributed by atoms with Crippen molar-refractivity contribution in [1.82, 2.24) is 9.88 Å². The van der Waals surface area contributed by atoms with Gasteiger partial charge in [-0.25, -0.2) is 4.98 Å². The van der Waals surface area contributed by atoms with Crippen LogP contribution in [0.1, 0.15) is 25.3 Å². The molecule has 2 rings (SSSR count). The number of pyridine rings is 1. The lowest BCUT2D eigenvalue weighted by molar-refractivity contribution is -0.129. The second-order valence-electron chi connectivity index (χ2n) is 5.14. The smallest absolute Gasteiger partial charge is 0.219 e. The van der Waals surface area contributed by atoms with E-state index in [-0.39, 0.29) is 5.91 Å². The van der Waals surface area contributed by atoms with Crippen molar-refractivity contribution in [1.29, 1.82) is 0 Å². The van der Waals surface area contributed by atoms with Gasteiger partial charge in [0, 0.05) is 43.8 Å². The van der Waals surface area contributed by atoms with E-state index >= 15 is 0 Å². The zero-order valence-corrected chi connectivity index (χ0v) is 13.3. The van der Waals surface area contributed by atoms with Gasteiger partial charge in [-0.3, -0.25) is 4.79 Å². The van der Waals surface area contributed by atoms with Crippen molar-refractivity contribution in [2.24, 2.45) is 0 Å². The molecule has 2 heterocycles. The number of carbonyl (C=O) groups excluding carboxylic acids is 1. The van der Waals surface area contributed by atoms with E-state index in [9.17, 15) is 4.79 Å². The van der Waals surface area contributed by atoms with E-state index in [2.05, 4.69) is 38.8 Å². The predicted octanol–water partition coefficient (Wildman–Crippen LogP) is 2.60. The Bertz CT molecular complexity index is 470. The number of carbonyl (C=O) groups is 1. The molecule has 4 nitrogen and oxygen atoms in total. The summed E-state index contributed by atoms with van der Waals surface area (Å²) >= 11 is 3.44. The lowest BCUT2D eigenvalue weighted by atomic mass is 10.0. The molecule has 104 valence electrons. The molecule has 0 aromatic carbocycles. The Kier molecular flexibility index (Phi) is 4.45. The van der Waals surface area contributed by atoms with Gasteiger partial charge in [-0.2, -0.15) is 0 Å². The standard InChI is InChI=1S/C14H20BrN3O/c1-10-8-12(15)9-16-14(10)18-6-4-13(5-7-18)17(3)11(2)19/h8-9,13H,4-7H2,1-3H3. The van der Waals surface area contributed by atoms with Crippen LogP contribution in [0.2, 0.25) is 0 Å². The van der Waals surface area contributed by atoms with Gasteiger partial charge in [0.25, 0.3) is 0 Å². The number of nitrogens with zero attached hydrogens (tertiary/aromatic N) is 3. The molecule has 0 aliphatic carbocycles. The van der Waals surface area contributed by atoms with Gasteiger partial charge in [-0.1, -0.05) is 0 Å². The monoisotopic (exact) mass is 325 g/mol. The third-order valence-corrected chi connectivity index (χ3v) is 4.26. The van der Waals surface area contributed by atoms with Crippen LogP contribution in [0.25, 0.3) is 0 Å². The molecule has 5 heteroatoms. The number of hydrogen-bond donors (Lipinski definition) is 0. The third kappa shape index (κ3) is 3.26. The number of halogens is 1. The molecule has 1 amide bonds. The maximum Gasteiger partial charge on any atom is 0.219 e. The molecule has 1 aromatic rings. The van der Waals surface area contributed by atoms with Gasteiger partial charge < -0.3 is 9.80 Å². The average Bonchev–Trinajstić information content (AvgIpc) is 2.38. The normalized spacial score (nSPS) is 16.5. The van der Waals surface area contributed by atoms with Gasteiger partial charge in [0.2, 0.25) is 5.91 Å². The van der Waals surface area contributed by atoms with Gasteiger partial charge in [0.1, 0.15) is 5.82 Å². The molecule has 0 atom stereocenters. The Morgan fingerprint density at radius 2 is 2.11 bits per heavy atom. The highest BCUT2D eigenvalue weighted by molar-refractivity contribution is 9.10. The molecule has 1 aromatic heterocycles. The molecule has 0 unspecified atom stereocenters. The van der Waals surface area contributed by atoms with Crippen molar-refractivity contribution in [3.8, 4) is 0 Å². The highest BCUT2D eigenvalue weighted by Crippen LogP contribution is 2.25. The Morgan fingerprint density at radius 1 is 1.47 bits per heavy atom. The van der Waals surface area contributed by atoms with Crippen LogP contribution in [0, 0.1) is 6.92 Å². The summed E-state index contributed by atoms with van der Waals surface area (Å²) in [4.78, 5) is 20.1. The second-order valence-corrected chi connectivity index (χ2v) is 6.06. The lowest BCUT2D eigenvalue weighted by Crippen LogP contribution is -2.45. The summed E-state index contributed by atoms with van der Waals surface area (Å²) in [5, 5.41) is 0. The largest absolute Gasteiger partial charge is 0.356 e. The number of aromatic nitrogens is 1. The fraction of sp³-hybridized carbons (Fsp3) is 0.571. The molecular weight excluding hydrogens is 306 g/mol. The number of hydrogen-bond acceptors (Lipinski definition) is 3. The number of rotatable bonds is 2. The zero-order valence-electron chi connectivity index (χ0n) is 11.7. The van der Waals surface area contributed by atoms with Crippen LogP contribution in [-0.2, 0) is 4.79 Å². The summed E-state index contributed by atoms with van der Waals surface area (Å²) in [7, 11) is 1.89. The summed E-state index contributed by atoms with van der Waals surface area (Å²) in [6, 6.07) is 2.46. The topological polar surface area (TPSA) is 36.4 Å². The SMILES string of the molecule is CC(=O)N(C)C1CCN(c2ncc(Br)cc2C)CC1. The van der Waals surface area contributed by atoms with Crippen LogP contribution in [0.5, 0.6) is 0 Å². The highest BCUT2D eigenvalue weighted by Gasteiger charge is 2.24. The molecule has 0 saturated carbocycles. The van der Waals surface area contributed by atoms with E-state index in [4.69, 9.17) is 0 Å². The van der Waals surface area contributed by atoms with Crippen LogP contribution in [0.15, 0.2) is 16.7 Å². The number of anilines is 1. The minimum absolute atomic E-state index is 0.149. The van der Waals surface area contributed by atoms with E-state index in [1.807, 2.05) is 18.1 Å². The summed E-state index contributed by atoms with van der Waals surface area (Å²) in [5.74, 6) is 1.21. The molecule has 19 heavy (non-hydrogen) atoms. The summed E-state index contributed by atoms with van der Waals surface area (Å²) in [6.07, 6.45) is 3.86. The van der Waals surface area contributed by atoms with Gasteiger partial charge >= 0.3 is 0 Å².